The second kappa shape index (κ2) is 4.91. The van der Waals surface area contributed by atoms with Crippen LogP contribution in [0.25, 0.3) is 0 Å². The summed E-state index contributed by atoms with van der Waals surface area (Å²) in [4.78, 5) is 11.1. The van der Waals surface area contributed by atoms with Crippen molar-refractivity contribution < 1.29 is 27.6 Å². The van der Waals surface area contributed by atoms with Crippen molar-refractivity contribution in [1.82, 2.24) is 9.46 Å². The molecule has 8 nitrogen and oxygen atoms in total. The molecule has 1 aromatic heterocycles. The lowest BCUT2D eigenvalue weighted by molar-refractivity contribution is -0.146. The minimum Gasteiger partial charge on any atom is -0.480 e. The van der Waals surface area contributed by atoms with Crippen LogP contribution in [0.1, 0.15) is 11.5 Å². The highest BCUT2D eigenvalue weighted by molar-refractivity contribution is 7.89. The van der Waals surface area contributed by atoms with Crippen molar-refractivity contribution in [2.24, 2.45) is 0 Å². The molecule has 0 amide bonds. The molecule has 0 bridgehead atoms. The number of sulfonamides is 1. The predicted molar refractivity (Wildman–Crippen MR) is 62.1 cm³/mol. The van der Waals surface area contributed by atoms with E-state index in [0.29, 0.717) is 0 Å². The zero-order valence-corrected chi connectivity index (χ0v) is 11.3. The molecule has 1 N–H and O–H groups in total. The first-order valence-electron chi connectivity index (χ1n) is 5.61. The smallest absolute Gasteiger partial charge is 0.324 e. The van der Waals surface area contributed by atoms with Crippen LogP contribution >= 0.6 is 0 Å². The Kier molecular flexibility index (Phi) is 3.61. The van der Waals surface area contributed by atoms with Gasteiger partial charge < -0.3 is 14.4 Å². The molecular weight excluding hydrogens is 276 g/mol. The third kappa shape index (κ3) is 2.36. The molecule has 1 aromatic rings. The summed E-state index contributed by atoms with van der Waals surface area (Å²) >= 11 is 0. The van der Waals surface area contributed by atoms with Gasteiger partial charge in [-0.25, -0.2) is 8.42 Å². The number of hydrogen-bond acceptors (Lipinski definition) is 6. The van der Waals surface area contributed by atoms with Gasteiger partial charge in [0.15, 0.2) is 5.76 Å². The summed E-state index contributed by atoms with van der Waals surface area (Å²) in [5.74, 6) is -1.09. The lowest BCUT2D eigenvalue weighted by Gasteiger charge is -2.31. The lowest BCUT2D eigenvalue weighted by atomic mass is 10.3. The average Bonchev–Trinajstić information content (AvgIpc) is 2.69. The van der Waals surface area contributed by atoms with Gasteiger partial charge in [-0.3, -0.25) is 4.79 Å². The van der Waals surface area contributed by atoms with Crippen LogP contribution in [0.3, 0.4) is 0 Å². The molecule has 19 heavy (non-hydrogen) atoms. The number of ether oxygens (including phenoxy) is 1. The molecule has 1 fully saturated rings. The van der Waals surface area contributed by atoms with Crippen LogP contribution in [0.2, 0.25) is 0 Å². The molecule has 9 heteroatoms. The second-order valence-corrected chi connectivity index (χ2v) is 6.03. The second-order valence-electron chi connectivity index (χ2n) is 4.20. The summed E-state index contributed by atoms with van der Waals surface area (Å²) in [6, 6.07) is -1.23. The Morgan fingerprint density at radius 2 is 2.16 bits per heavy atom. The molecule has 2 heterocycles. The van der Waals surface area contributed by atoms with Crippen LogP contribution in [0.4, 0.5) is 0 Å². The Morgan fingerprint density at radius 1 is 1.47 bits per heavy atom. The molecule has 0 spiro atoms. The number of aromatic nitrogens is 1. The fourth-order valence-electron chi connectivity index (χ4n) is 2.03. The molecule has 106 valence electrons. The number of carboxylic acid groups (broad SMARTS) is 1. The Bertz CT molecular complexity index is 574. The normalized spacial score (nSPS) is 21.5. The molecular formula is C10H14N2O6S. The van der Waals surface area contributed by atoms with Crippen molar-refractivity contribution in [3.63, 3.8) is 0 Å². The third-order valence-corrected chi connectivity index (χ3v) is 5.05. The molecule has 2 rings (SSSR count). The number of aryl methyl sites for hydroxylation is 2. The van der Waals surface area contributed by atoms with Crippen LogP contribution < -0.4 is 0 Å². The number of aliphatic carboxylic acids is 1. The van der Waals surface area contributed by atoms with E-state index in [2.05, 4.69) is 5.16 Å². The van der Waals surface area contributed by atoms with E-state index in [1.165, 1.54) is 13.8 Å². The Hall–Kier alpha value is -1.45. The van der Waals surface area contributed by atoms with Gasteiger partial charge >= 0.3 is 5.97 Å². The number of morpholine rings is 1. The van der Waals surface area contributed by atoms with Crippen LogP contribution in [0, 0.1) is 13.8 Å². The zero-order chi connectivity index (χ0) is 14.2. The molecule has 0 radical (unpaired) electrons. The molecule has 1 atom stereocenters. The maximum absolute atomic E-state index is 12.5. The SMILES string of the molecule is Cc1noc(C)c1S(=O)(=O)N1CCOCC1C(=O)O. The standard InChI is InChI=1S/C10H14N2O6S/c1-6-9(7(2)18-11-6)19(15,16)12-3-4-17-5-8(12)10(13)14/h8H,3-5H2,1-2H3,(H,13,14). The summed E-state index contributed by atoms with van der Waals surface area (Å²) in [7, 11) is -3.96. The minimum absolute atomic E-state index is 0.0106. The fraction of sp³-hybridized carbons (Fsp3) is 0.600. The van der Waals surface area contributed by atoms with Crippen molar-refractivity contribution in [3.05, 3.63) is 11.5 Å². The van der Waals surface area contributed by atoms with Gasteiger partial charge in [-0.2, -0.15) is 4.31 Å². The summed E-state index contributed by atoms with van der Waals surface area (Å²) in [6.45, 7) is 2.95. The summed E-state index contributed by atoms with van der Waals surface area (Å²) < 4.78 is 35.8. The van der Waals surface area contributed by atoms with Crippen molar-refractivity contribution in [3.8, 4) is 0 Å². The Morgan fingerprint density at radius 3 is 2.68 bits per heavy atom. The van der Waals surface area contributed by atoms with Crippen molar-refractivity contribution >= 4 is 16.0 Å². The van der Waals surface area contributed by atoms with Gasteiger partial charge in [0.2, 0.25) is 10.0 Å². The summed E-state index contributed by atoms with van der Waals surface area (Å²) in [5.41, 5.74) is 0.216. The molecule has 1 aliphatic heterocycles. The largest absolute Gasteiger partial charge is 0.480 e. The van der Waals surface area contributed by atoms with E-state index in [1.807, 2.05) is 0 Å². The summed E-state index contributed by atoms with van der Waals surface area (Å²) in [6.07, 6.45) is 0. The van der Waals surface area contributed by atoms with E-state index in [9.17, 15) is 13.2 Å². The first kappa shape index (κ1) is 14.0. The van der Waals surface area contributed by atoms with Crippen LogP contribution in [0.5, 0.6) is 0 Å². The van der Waals surface area contributed by atoms with Gasteiger partial charge in [0, 0.05) is 6.54 Å². The highest BCUT2D eigenvalue weighted by Gasteiger charge is 2.40. The average molecular weight is 290 g/mol. The maximum Gasteiger partial charge on any atom is 0.324 e. The highest BCUT2D eigenvalue weighted by atomic mass is 32.2. The van der Waals surface area contributed by atoms with E-state index < -0.39 is 22.0 Å². The zero-order valence-electron chi connectivity index (χ0n) is 10.5. The quantitative estimate of drug-likeness (QED) is 0.818. The molecule has 0 aromatic carbocycles. The number of rotatable bonds is 3. The van der Waals surface area contributed by atoms with E-state index >= 15 is 0 Å². The van der Waals surface area contributed by atoms with E-state index in [-0.39, 0.29) is 36.1 Å². The van der Waals surface area contributed by atoms with Crippen LogP contribution in [-0.2, 0) is 19.6 Å². The third-order valence-electron chi connectivity index (χ3n) is 2.90. The molecule has 1 unspecified atom stereocenters. The minimum atomic E-state index is -3.96. The van der Waals surface area contributed by atoms with Crippen molar-refractivity contribution in [1.29, 1.82) is 0 Å². The first-order chi connectivity index (χ1) is 8.85. The monoisotopic (exact) mass is 290 g/mol. The number of carboxylic acids is 1. The Balaban J connectivity index is 2.46. The van der Waals surface area contributed by atoms with Gasteiger partial charge in [-0.05, 0) is 13.8 Å². The van der Waals surface area contributed by atoms with Crippen molar-refractivity contribution in [2.45, 2.75) is 24.8 Å². The molecule has 1 saturated heterocycles. The lowest BCUT2D eigenvalue weighted by Crippen LogP contribution is -2.52. The number of hydrogen-bond donors (Lipinski definition) is 1. The fourth-order valence-corrected chi connectivity index (χ4v) is 3.88. The van der Waals surface area contributed by atoms with Crippen LogP contribution in [0.15, 0.2) is 9.42 Å². The van der Waals surface area contributed by atoms with Gasteiger partial charge in [0.25, 0.3) is 0 Å². The highest BCUT2D eigenvalue weighted by Crippen LogP contribution is 2.26. The summed E-state index contributed by atoms with van der Waals surface area (Å²) in [5, 5.41) is 12.7. The van der Waals surface area contributed by atoms with Gasteiger partial charge in [0.05, 0.1) is 13.2 Å². The topological polar surface area (TPSA) is 110 Å². The van der Waals surface area contributed by atoms with E-state index in [0.717, 1.165) is 4.31 Å². The molecule has 1 aliphatic rings. The van der Waals surface area contributed by atoms with Crippen molar-refractivity contribution in [2.75, 3.05) is 19.8 Å². The van der Waals surface area contributed by atoms with Crippen LogP contribution in [-0.4, -0.2) is 54.8 Å². The predicted octanol–water partition coefficient (Wildman–Crippen LogP) is -0.234. The van der Waals surface area contributed by atoms with Gasteiger partial charge in [0.1, 0.15) is 16.6 Å². The molecule has 0 saturated carbocycles. The maximum atomic E-state index is 12.5. The number of nitrogens with zero attached hydrogens (tertiary/aromatic N) is 2. The van der Waals surface area contributed by atoms with E-state index in [4.69, 9.17) is 14.4 Å². The van der Waals surface area contributed by atoms with Gasteiger partial charge in [-0.15, -0.1) is 0 Å². The van der Waals surface area contributed by atoms with E-state index in [1.54, 1.807) is 0 Å². The van der Waals surface area contributed by atoms with Gasteiger partial charge in [-0.1, -0.05) is 5.16 Å². The number of carbonyl (C=O) groups is 1. The molecule has 0 aliphatic carbocycles. The first-order valence-corrected chi connectivity index (χ1v) is 7.05. The Labute approximate surface area is 110 Å².